The van der Waals surface area contributed by atoms with Crippen molar-refractivity contribution in [2.24, 2.45) is 22.7 Å². The van der Waals surface area contributed by atoms with Crippen molar-refractivity contribution in [3.8, 4) is 0 Å². The van der Waals surface area contributed by atoms with Crippen LogP contribution in [0.1, 0.15) is 110 Å². The molecule has 3 aromatic rings. The molecule has 4 fully saturated rings. The third-order valence-corrected chi connectivity index (χ3v) is 18.9. The first-order chi connectivity index (χ1) is 34.6. The van der Waals surface area contributed by atoms with Crippen LogP contribution >= 0.6 is 0 Å². The molecular weight excluding hydrogens is 977 g/mol. The van der Waals surface area contributed by atoms with Gasteiger partial charge < -0.3 is 38.8 Å². The molecule has 14 atom stereocenters. The van der Waals surface area contributed by atoms with E-state index in [2.05, 4.69) is 5.32 Å². The van der Waals surface area contributed by atoms with Crippen LogP contribution in [-0.2, 0) is 67.2 Å². The van der Waals surface area contributed by atoms with E-state index in [1.54, 1.807) is 109 Å². The molecule has 2 aliphatic heterocycles. The van der Waals surface area contributed by atoms with Crippen LogP contribution in [0.2, 0.25) is 0 Å². The van der Waals surface area contributed by atoms with Gasteiger partial charge in [-0.3, -0.25) is 24.0 Å². The highest BCUT2D eigenvalue weighted by atomic mass is 32.2. The Balaban J connectivity index is 1.25. The largest absolute Gasteiger partial charge is 0.455 e. The van der Waals surface area contributed by atoms with Crippen LogP contribution in [0.5, 0.6) is 0 Å². The van der Waals surface area contributed by atoms with Crippen molar-refractivity contribution in [1.29, 1.82) is 0 Å². The van der Waals surface area contributed by atoms with Crippen LogP contribution in [0.4, 0.5) is 0 Å². The number of nitrogens with one attached hydrogen (secondary N) is 1. The average Bonchev–Trinajstić information content (AvgIpc) is 3.92. The quantitative estimate of drug-likeness (QED) is 0.0939. The topological polar surface area (TPSA) is 244 Å². The minimum Gasteiger partial charge on any atom is -0.455 e. The van der Waals surface area contributed by atoms with Gasteiger partial charge in [-0.1, -0.05) is 93.9 Å². The maximum absolute atomic E-state index is 15.9. The number of aliphatic hydroxyl groups is 1. The summed E-state index contributed by atoms with van der Waals surface area (Å²) in [5, 5.41) is 16.8. The number of carbonyl (C=O) groups is 7. The molecule has 2 heterocycles. The molecular formula is C55H64N2O16S. The standard InChI is InChI=1S/C55H64N2O16S/c1-29-22-24-38(25-23-29)74(66,67)57-32(4)53(57,11)50(64)56-42(36-18-14-12-15-19-36)44(70-34(6)59)49(63)71-39-27-55(65)47(72-48(62)37-20-16-13-17-21-37)45-52(10,30(2)26-40-54(45,28-68-40)73-35(7)60)46(61)43(69-33(5)58)41(31(39)3)51(55,8)9/h12-25,30,32,39-40,42-45,47,65H,26-28H2,1-11H3,(H,56,64)/t30-,32?,39-,40+,42-,43+,44+,45-,47-,52+,53?,54-,55+,57?/m0/s1. The Labute approximate surface area is 430 Å². The maximum atomic E-state index is 15.9. The van der Waals surface area contributed by atoms with Crippen molar-refractivity contribution < 1.29 is 75.5 Å². The summed E-state index contributed by atoms with van der Waals surface area (Å²) in [6.45, 7) is 16.0. The summed E-state index contributed by atoms with van der Waals surface area (Å²) in [6, 6.07) is 19.7. The number of amides is 1. The van der Waals surface area contributed by atoms with Crippen LogP contribution in [0.3, 0.4) is 0 Å². The lowest BCUT2D eigenvalue weighted by Gasteiger charge is -2.68. The zero-order chi connectivity index (χ0) is 54.2. The summed E-state index contributed by atoms with van der Waals surface area (Å²) >= 11 is 0. The number of hydrogen-bond acceptors (Lipinski definition) is 16. The molecule has 2 N–H and O–H groups in total. The van der Waals surface area contributed by atoms with Crippen molar-refractivity contribution >= 4 is 51.6 Å². The number of aryl methyl sites for hydroxylation is 1. The van der Waals surface area contributed by atoms with E-state index in [0.717, 1.165) is 23.7 Å². The molecule has 8 rings (SSSR count). The van der Waals surface area contributed by atoms with Gasteiger partial charge in [-0.05, 0) is 81.0 Å². The molecule has 0 spiro atoms. The minimum atomic E-state index is -4.22. The normalized spacial score (nSPS) is 33.5. The SMILES string of the molecule is CC(=O)O[C@H]1C(=O)[C@@]2(C)[C@H]([C@H](OC(=O)c3ccccc3)[C@]3(O)C[C@H](OC(=O)[C@H](OC(C)=O)[C@@H](NC(=O)C4(C)C(C)N4S(=O)(=O)c4ccc(C)cc4)c4ccccc4)C(C)=C1C3(C)C)[C@]1(OC(C)=O)CO[C@@H]1C[C@@H]2C. The van der Waals surface area contributed by atoms with Crippen molar-refractivity contribution in [2.45, 2.75) is 153 Å². The molecule has 3 aromatic carbocycles. The van der Waals surface area contributed by atoms with Crippen LogP contribution in [0, 0.1) is 29.6 Å². The second-order valence-corrected chi connectivity index (χ2v) is 23.2. The molecule has 18 nitrogen and oxygen atoms in total. The Morgan fingerprint density at radius 1 is 0.811 bits per heavy atom. The fraction of sp³-hybridized carbons (Fsp3) is 0.509. The summed E-state index contributed by atoms with van der Waals surface area (Å²) in [5.41, 5.74) is -7.74. The van der Waals surface area contributed by atoms with Gasteiger partial charge in [0, 0.05) is 38.0 Å². The molecule has 5 aliphatic rings. The number of ether oxygens (including phenoxy) is 6. The minimum absolute atomic E-state index is 0.0351. The first kappa shape index (κ1) is 54.0. The number of fused-ring (bicyclic) bond motifs is 5. The average molecular weight is 1040 g/mol. The zero-order valence-electron chi connectivity index (χ0n) is 43.3. The molecule has 74 heavy (non-hydrogen) atoms. The maximum Gasteiger partial charge on any atom is 0.350 e. The van der Waals surface area contributed by atoms with Crippen molar-refractivity contribution in [2.75, 3.05) is 6.61 Å². The van der Waals surface area contributed by atoms with Crippen LogP contribution in [-0.4, -0.2) is 119 Å². The molecule has 0 aromatic heterocycles. The highest BCUT2D eigenvalue weighted by Crippen LogP contribution is 2.66. The van der Waals surface area contributed by atoms with E-state index >= 15 is 9.59 Å². The number of benzene rings is 3. The fourth-order valence-corrected chi connectivity index (χ4v) is 14.3. The first-order valence-corrected chi connectivity index (χ1v) is 26.1. The molecule has 2 saturated heterocycles. The Hall–Kier alpha value is -6.28. The molecule has 19 heteroatoms. The van der Waals surface area contributed by atoms with Gasteiger partial charge in [0.1, 0.15) is 35.5 Å². The van der Waals surface area contributed by atoms with Gasteiger partial charge in [0.2, 0.25) is 22.0 Å². The van der Waals surface area contributed by atoms with Gasteiger partial charge in [-0.25, -0.2) is 18.0 Å². The van der Waals surface area contributed by atoms with Gasteiger partial charge in [0.05, 0.1) is 29.0 Å². The summed E-state index contributed by atoms with van der Waals surface area (Å²) in [4.78, 5) is 99.7. The number of hydrogen-bond donors (Lipinski definition) is 2. The fourth-order valence-electron chi connectivity index (χ4n) is 12.3. The van der Waals surface area contributed by atoms with Crippen molar-refractivity contribution in [3.05, 3.63) is 113 Å². The number of rotatable bonds is 13. The van der Waals surface area contributed by atoms with E-state index in [9.17, 15) is 37.5 Å². The monoisotopic (exact) mass is 1040 g/mol. The second kappa shape index (κ2) is 19.1. The van der Waals surface area contributed by atoms with Gasteiger partial charge >= 0.3 is 29.8 Å². The number of nitrogens with zero attached hydrogens (tertiary/aromatic N) is 1. The highest BCUT2D eigenvalue weighted by molar-refractivity contribution is 7.89. The highest BCUT2D eigenvalue weighted by Gasteiger charge is 2.78. The number of Topliss-reactive ketones (excluding diaryl/α,β-unsaturated/α-hetero) is 1. The van der Waals surface area contributed by atoms with Crippen molar-refractivity contribution in [3.63, 3.8) is 0 Å². The van der Waals surface area contributed by atoms with Crippen LogP contribution in [0.15, 0.2) is 101 Å². The van der Waals surface area contributed by atoms with E-state index < -0.39 is 140 Å². The molecule has 1 amide bonds. The van der Waals surface area contributed by atoms with E-state index in [0.29, 0.717) is 0 Å². The van der Waals surface area contributed by atoms with Gasteiger partial charge in [-0.15, -0.1) is 0 Å². The smallest absolute Gasteiger partial charge is 0.350 e. The summed E-state index contributed by atoms with van der Waals surface area (Å²) in [6.07, 6.45) is -8.25. The number of sulfonamides is 1. The lowest BCUT2D eigenvalue weighted by Crippen LogP contribution is -2.80. The van der Waals surface area contributed by atoms with E-state index in [-0.39, 0.29) is 40.2 Å². The molecule has 396 valence electrons. The molecule has 3 unspecified atom stereocenters. The summed E-state index contributed by atoms with van der Waals surface area (Å²) in [7, 11) is -4.22. The second-order valence-electron chi connectivity index (χ2n) is 21.4. The number of ketones is 1. The van der Waals surface area contributed by atoms with E-state index in [1.807, 2.05) is 0 Å². The Morgan fingerprint density at radius 2 is 1.42 bits per heavy atom. The molecule has 3 aliphatic carbocycles. The molecule has 2 bridgehead atoms. The van der Waals surface area contributed by atoms with Crippen LogP contribution in [0.25, 0.3) is 0 Å². The lowest BCUT2D eigenvalue weighted by molar-refractivity contribution is -0.340. The molecule has 0 radical (unpaired) electrons. The Bertz CT molecular complexity index is 2930. The molecule has 2 saturated carbocycles. The zero-order valence-corrected chi connectivity index (χ0v) is 44.1. The Kier molecular flexibility index (Phi) is 14.0. The number of carbonyl (C=O) groups excluding carboxylic acids is 7. The summed E-state index contributed by atoms with van der Waals surface area (Å²) < 4.78 is 66.0. The predicted molar refractivity (Wildman–Crippen MR) is 263 cm³/mol. The third kappa shape index (κ3) is 8.62. The van der Waals surface area contributed by atoms with Crippen molar-refractivity contribution in [1.82, 2.24) is 9.62 Å². The first-order valence-electron chi connectivity index (χ1n) is 24.7. The van der Waals surface area contributed by atoms with E-state index in [1.165, 1.54) is 38.1 Å². The van der Waals surface area contributed by atoms with Crippen LogP contribution < -0.4 is 5.32 Å². The van der Waals surface area contributed by atoms with Gasteiger partial charge in [0.25, 0.3) is 0 Å². The number of esters is 5. The summed E-state index contributed by atoms with van der Waals surface area (Å²) in [5.74, 6) is -8.22. The predicted octanol–water partition coefficient (Wildman–Crippen LogP) is 5.43. The van der Waals surface area contributed by atoms with E-state index in [4.69, 9.17) is 28.4 Å². The van der Waals surface area contributed by atoms with Gasteiger partial charge in [0.15, 0.2) is 17.5 Å². The third-order valence-electron chi connectivity index (χ3n) is 16.8. The lowest BCUT2D eigenvalue weighted by atomic mass is 9.43. The Morgan fingerprint density at radius 3 is 1.97 bits per heavy atom. The van der Waals surface area contributed by atoms with Gasteiger partial charge in [-0.2, -0.15) is 4.31 Å².